The van der Waals surface area contributed by atoms with Crippen molar-refractivity contribution in [3.8, 4) is 0 Å². The van der Waals surface area contributed by atoms with Crippen molar-refractivity contribution in [3.05, 3.63) is 9.15 Å². The number of unbranched alkanes of at least 4 members (excludes halogenated alkanes) is 6. The highest BCUT2D eigenvalue weighted by Crippen LogP contribution is 2.21. The van der Waals surface area contributed by atoms with Crippen LogP contribution in [0.15, 0.2) is 9.15 Å². The van der Waals surface area contributed by atoms with Crippen LogP contribution in [0.3, 0.4) is 0 Å². The first-order valence-corrected chi connectivity index (χ1v) is 8.91. The smallest absolute Gasteiger partial charge is 0.344 e. The number of rotatable bonds is 12. The molecule has 0 fully saturated rings. The van der Waals surface area contributed by atoms with Gasteiger partial charge in [-0.3, -0.25) is 0 Å². The van der Waals surface area contributed by atoms with Crippen LogP contribution in [0, 0.1) is 0 Å². The van der Waals surface area contributed by atoms with E-state index in [4.69, 9.17) is 4.74 Å². The topological polar surface area (TPSA) is 63.6 Å². The van der Waals surface area contributed by atoms with Crippen molar-refractivity contribution in [2.75, 3.05) is 6.61 Å². The summed E-state index contributed by atoms with van der Waals surface area (Å²) in [4.78, 5) is 23.1. The molecule has 4 nitrogen and oxygen atoms in total. The van der Waals surface area contributed by atoms with Gasteiger partial charge < -0.3 is 9.84 Å². The van der Waals surface area contributed by atoms with Crippen LogP contribution < -0.4 is 0 Å². The minimum Gasteiger partial charge on any atom is -0.478 e. The third-order valence-corrected chi connectivity index (χ3v) is 4.31. The van der Waals surface area contributed by atoms with Gasteiger partial charge in [-0.2, -0.15) is 0 Å². The normalized spacial score (nSPS) is 12.0. The average molecular weight is 410 g/mol. The molecule has 1 N–H and O–H groups in total. The highest BCUT2D eigenvalue weighted by molar-refractivity contribution is 14.1. The molecule has 122 valence electrons. The lowest BCUT2D eigenvalue weighted by atomic mass is 10.1. The number of carbonyl (C=O) groups is 2. The summed E-state index contributed by atoms with van der Waals surface area (Å²) in [6.07, 6.45) is 8.53. The molecule has 5 heteroatoms. The lowest BCUT2D eigenvalue weighted by Gasteiger charge is -2.08. The Morgan fingerprint density at radius 1 is 0.952 bits per heavy atom. The van der Waals surface area contributed by atoms with Crippen LogP contribution >= 0.6 is 22.6 Å². The van der Waals surface area contributed by atoms with E-state index >= 15 is 0 Å². The van der Waals surface area contributed by atoms with Crippen molar-refractivity contribution in [2.45, 2.75) is 71.6 Å². The van der Waals surface area contributed by atoms with Crippen molar-refractivity contribution >= 4 is 34.5 Å². The van der Waals surface area contributed by atoms with Crippen molar-refractivity contribution in [1.82, 2.24) is 0 Å². The molecule has 0 radical (unpaired) electrons. The number of hydrogen-bond acceptors (Lipinski definition) is 3. The second-order valence-corrected chi connectivity index (χ2v) is 6.18. The first-order chi connectivity index (χ1) is 10.0. The van der Waals surface area contributed by atoms with Crippen LogP contribution in [0.4, 0.5) is 0 Å². The van der Waals surface area contributed by atoms with Gasteiger partial charge in [0.1, 0.15) is 3.58 Å². The van der Waals surface area contributed by atoms with E-state index in [1.54, 1.807) is 22.6 Å². The van der Waals surface area contributed by atoms with Crippen molar-refractivity contribution in [2.24, 2.45) is 0 Å². The van der Waals surface area contributed by atoms with E-state index in [9.17, 15) is 14.7 Å². The Balaban J connectivity index is 4.34. The van der Waals surface area contributed by atoms with Gasteiger partial charge in [0, 0.05) is 0 Å². The Bertz CT molecular complexity index is 350. The Labute approximate surface area is 141 Å². The maximum Gasteiger partial charge on any atom is 0.344 e. The van der Waals surface area contributed by atoms with E-state index in [0.29, 0.717) is 13.0 Å². The number of halogens is 1. The lowest BCUT2D eigenvalue weighted by molar-refractivity contribution is -0.139. The fourth-order valence-corrected chi connectivity index (χ4v) is 2.58. The minimum absolute atomic E-state index is 0.185. The summed E-state index contributed by atoms with van der Waals surface area (Å²) in [5, 5.41) is 9.22. The SMILES string of the molecule is CCCCCCOC(=O)C(I)=C(CCCCCC)C(=O)O. The fourth-order valence-electron chi connectivity index (χ4n) is 1.92. The third-order valence-electron chi connectivity index (χ3n) is 3.21. The van der Waals surface area contributed by atoms with Crippen LogP contribution in [0.5, 0.6) is 0 Å². The third kappa shape index (κ3) is 9.87. The van der Waals surface area contributed by atoms with Crippen molar-refractivity contribution in [3.63, 3.8) is 0 Å². The Morgan fingerprint density at radius 2 is 1.52 bits per heavy atom. The molecule has 0 aliphatic heterocycles. The molecule has 0 heterocycles. The van der Waals surface area contributed by atoms with Crippen molar-refractivity contribution in [1.29, 1.82) is 0 Å². The molecule has 0 amide bonds. The zero-order valence-corrected chi connectivity index (χ0v) is 15.3. The summed E-state index contributed by atoms with van der Waals surface area (Å²) >= 11 is 1.80. The molecular formula is C16H27IO4. The van der Waals surface area contributed by atoms with Gasteiger partial charge in [-0.05, 0) is 41.9 Å². The Kier molecular flexibility index (Phi) is 12.7. The van der Waals surface area contributed by atoms with E-state index < -0.39 is 11.9 Å². The molecule has 0 aliphatic rings. The summed E-state index contributed by atoms with van der Waals surface area (Å²) in [5.74, 6) is -1.51. The largest absolute Gasteiger partial charge is 0.478 e. The van der Waals surface area contributed by atoms with Gasteiger partial charge in [-0.15, -0.1) is 0 Å². The molecule has 0 aromatic rings. The van der Waals surface area contributed by atoms with Gasteiger partial charge >= 0.3 is 11.9 Å². The predicted octanol–water partition coefficient (Wildman–Crippen LogP) is 4.85. The van der Waals surface area contributed by atoms with E-state index in [0.717, 1.165) is 51.4 Å². The fraction of sp³-hybridized carbons (Fsp3) is 0.750. The second-order valence-electron chi connectivity index (χ2n) is 5.10. The molecule has 0 aromatic carbocycles. The number of aliphatic carboxylic acids is 1. The zero-order chi connectivity index (χ0) is 16.1. The van der Waals surface area contributed by atoms with Crippen molar-refractivity contribution < 1.29 is 19.4 Å². The summed E-state index contributed by atoms with van der Waals surface area (Å²) in [7, 11) is 0. The first kappa shape index (κ1) is 20.4. The van der Waals surface area contributed by atoms with E-state index in [1.807, 2.05) is 0 Å². The summed E-state index contributed by atoms with van der Waals surface area (Å²) < 4.78 is 5.36. The lowest BCUT2D eigenvalue weighted by Crippen LogP contribution is -2.12. The number of carbonyl (C=O) groups excluding carboxylic acids is 1. The molecule has 0 spiro atoms. The van der Waals surface area contributed by atoms with Crippen LogP contribution in [0.25, 0.3) is 0 Å². The summed E-state index contributed by atoms with van der Waals surface area (Å²) in [6, 6.07) is 0. The molecule has 0 saturated heterocycles. The molecule has 0 aromatic heterocycles. The molecule has 0 bridgehead atoms. The van der Waals surface area contributed by atoms with Gasteiger partial charge in [0.05, 0.1) is 12.2 Å². The first-order valence-electron chi connectivity index (χ1n) is 7.83. The monoisotopic (exact) mass is 410 g/mol. The zero-order valence-electron chi connectivity index (χ0n) is 13.1. The van der Waals surface area contributed by atoms with Crippen LogP contribution in [-0.4, -0.2) is 23.7 Å². The predicted molar refractivity (Wildman–Crippen MR) is 92.5 cm³/mol. The highest BCUT2D eigenvalue weighted by Gasteiger charge is 2.19. The van der Waals surface area contributed by atoms with Gasteiger partial charge in [-0.25, -0.2) is 9.59 Å². The number of esters is 1. The van der Waals surface area contributed by atoms with E-state index in [2.05, 4.69) is 13.8 Å². The maximum atomic E-state index is 11.9. The van der Waals surface area contributed by atoms with Gasteiger partial charge in [0.15, 0.2) is 0 Å². The maximum absolute atomic E-state index is 11.9. The molecule has 0 rings (SSSR count). The van der Waals surface area contributed by atoms with Crippen LogP contribution in [0.1, 0.15) is 71.6 Å². The minimum atomic E-state index is -1.01. The standard InChI is InChI=1S/C16H27IO4/c1-3-5-7-9-11-13(15(18)19)14(17)16(20)21-12-10-8-6-4-2/h3-12H2,1-2H3,(H,18,19). The quantitative estimate of drug-likeness (QED) is 0.216. The van der Waals surface area contributed by atoms with E-state index in [-0.39, 0.29) is 9.15 Å². The number of hydrogen-bond donors (Lipinski definition) is 1. The molecular weight excluding hydrogens is 383 g/mol. The van der Waals surface area contributed by atoms with Gasteiger partial charge in [-0.1, -0.05) is 52.4 Å². The van der Waals surface area contributed by atoms with Gasteiger partial charge in [0.25, 0.3) is 0 Å². The average Bonchev–Trinajstić information content (AvgIpc) is 2.45. The van der Waals surface area contributed by atoms with Crippen LogP contribution in [0.2, 0.25) is 0 Å². The second kappa shape index (κ2) is 13.1. The summed E-state index contributed by atoms with van der Waals surface area (Å²) in [6.45, 7) is 4.59. The number of carboxylic acid groups (broad SMARTS) is 1. The van der Waals surface area contributed by atoms with Crippen LogP contribution in [-0.2, 0) is 14.3 Å². The highest BCUT2D eigenvalue weighted by atomic mass is 127. The van der Waals surface area contributed by atoms with E-state index in [1.165, 1.54) is 0 Å². The molecule has 21 heavy (non-hydrogen) atoms. The molecule has 0 atom stereocenters. The summed E-state index contributed by atoms with van der Waals surface area (Å²) in [5.41, 5.74) is 0.185. The Morgan fingerprint density at radius 3 is 2.05 bits per heavy atom. The molecule has 0 saturated carbocycles. The molecule has 0 unspecified atom stereocenters. The number of carboxylic acids is 1. The van der Waals surface area contributed by atoms with Gasteiger partial charge in [0.2, 0.25) is 0 Å². The number of ether oxygens (including phenoxy) is 1. The Hall–Kier alpha value is -0.590. The molecule has 0 aliphatic carbocycles.